The van der Waals surface area contributed by atoms with Gasteiger partial charge in [0.25, 0.3) is 0 Å². The smallest absolute Gasteiger partial charge is 0.337 e. The molecule has 0 spiro atoms. The van der Waals surface area contributed by atoms with Gasteiger partial charge in [0.2, 0.25) is 0 Å². The molecule has 0 radical (unpaired) electrons. The molecule has 6 heteroatoms. The maximum Gasteiger partial charge on any atom is 0.337 e. The number of nitrogens with zero attached hydrogens (tertiary/aromatic N) is 4. The number of hydrogen-bond donors (Lipinski definition) is 1. The predicted octanol–water partition coefficient (Wildman–Crippen LogP) is 1.49. The lowest BCUT2D eigenvalue weighted by atomic mass is 10.3. The molecule has 0 aliphatic rings. The maximum atomic E-state index is 10.7. The summed E-state index contributed by atoms with van der Waals surface area (Å²) in [7, 11) is 0. The van der Waals surface area contributed by atoms with Gasteiger partial charge < -0.3 is 5.11 Å². The normalized spacial score (nSPS) is 10.6. The average molecular weight is 246 g/mol. The molecule has 0 unspecified atom stereocenters. The van der Waals surface area contributed by atoms with Crippen molar-refractivity contribution < 1.29 is 9.90 Å². The number of aryl methyl sites for hydroxylation is 2. The molecule has 0 saturated heterocycles. The van der Waals surface area contributed by atoms with Gasteiger partial charge in [-0.05, 0) is 12.1 Å². The Morgan fingerprint density at radius 2 is 2.11 bits per heavy atom. The van der Waals surface area contributed by atoms with Crippen LogP contribution in [0.15, 0.2) is 18.3 Å². The zero-order valence-corrected chi connectivity index (χ0v) is 10.3. The highest BCUT2D eigenvalue weighted by Gasteiger charge is 2.11. The largest absolute Gasteiger partial charge is 0.478 e. The van der Waals surface area contributed by atoms with Crippen molar-refractivity contribution in [2.24, 2.45) is 0 Å². The summed E-state index contributed by atoms with van der Waals surface area (Å²) in [4.78, 5) is 19.2. The van der Waals surface area contributed by atoms with Crippen molar-refractivity contribution in [1.82, 2.24) is 19.7 Å². The first-order valence-corrected chi connectivity index (χ1v) is 5.80. The Kier molecular flexibility index (Phi) is 3.36. The van der Waals surface area contributed by atoms with Crippen molar-refractivity contribution in [2.75, 3.05) is 0 Å². The van der Waals surface area contributed by atoms with Crippen LogP contribution in [-0.2, 0) is 12.8 Å². The number of pyridine rings is 1. The third-order valence-electron chi connectivity index (χ3n) is 2.56. The fourth-order valence-electron chi connectivity index (χ4n) is 1.59. The van der Waals surface area contributed by atoms with Crippen LogP contribution in [0.3, 0.4) is 0 Å². The van der Waals surface area contributed by atoms with Gasteiger partial charge in [0.15, 0.2) is 11.6 Å². The molecule has 18 heavy (non-hydrogen) atoms. The summed E-state index contributed by atoms with van der Waals surface area (Å²) in [6, 6.07) is 3.15. The van der Waals surface area contributed by atoms with E-state index in [0.29, 0.717) is 5.82 Å². The van der Waals surface area contributed by atoms with E-state index in [4.69, 9.17) is 5.11 Å². The second-order valence-corrected chi connectivity index (χ2v) is 3.77. The number of hydrogen-bond acceptors (Lipinski definition) is 4. The van der Waals surface area contributed by atoms with E-state index in [9.17, 15) is 4.79 Å². The molecule has 0 atom stereocenters. The van der Waals surface area contributed by atoms with E-state index in [2.05, 4.69) is 15.1 Å². The summed E-state index contributed by atoms with van der Waals surface area (Å²) in [5.41, 5.74) is 0.160. The summed E-state index contributed by atoms with van der Waals surface area (Å²) < 4.78 is 1.66. The van der Waals surface area contributed by atoms with E-state index in [1.54, 1.807) is 10.7 Å². The monoisotopic (exact) mass is 246 g/mol. The number of rotatable bonds is 4. The van der Waals surface area contributed by atoms with E-state index in [-0.39, 0.29) is 5.56 Å². The SMILES string of the molecule is CCc1nc(CC)n(-c2ccc(C(=O)O)cn2)n1. The maximum absolute atomic E-state index is 10.7. The lowest BCUT2D eigenvalue weighted by Crippen LogP contribution is -2.06. The van der Waals surface area contributed by atoms with Gasteiger partial charge in [-0.3, -0.25) is 0 Å². The van der Waals surface area contributed by atoms with Crippen molar-refractivity contribution in [2.45, 2.75) is 26.7 Å². The summed E-state index contributed by atoms with van der Waals surface area (Å²) in [5.74, 6) is 1.18. The van der Waals surface area contributed by atoms with Gasteiger partial charge >= 0.3 is 5.97 Å². The molecule has 2 heterocycles. The summed E-state index contributed by atoms with van der Waals surface area (Å²) in [5, 5.41) is 13.2. The lowest BCUT2D eigenvalue weighted by Gasteiger charge is -2.03. The average Bonchev–Trinajstić information content (AvgIpc) is 2.82. The minimum absolute atomic E-state index is 0.160. The third-order valence-corrected chi connectivity index (χ3v) is 2.56. The highest BCUT2D eigenvalue weighted by molar-refractivity contribution is 5.87. The molecule has 2 rings (SSSR count). The molecule has 2 aromatic heterocycles. The van der Waals surface area contributed by atoms with Crippen LogP contribution in [-0.4, -0.2) is 30.8 Å². The van der Waals surface area contributed by atoms with Crippen molar-refractivity contribution in [3.63, 3.8) is 0 Å². The Hall–Kier alpha value is -2.24. The second-order valence-electron chi connectivity index (χ2n) is 3.77. The van der Waals surface area contributed by atoms with E-state index in [1.807, 2.05) is 13.8 Å². The lowest BCUT2D eigenvalue weighted by molar-refractivity contribution is 0.0696. The van der Waals surface area contributed by atoms with Gasteiger partial charge in [0.05, 0.1) is 5.56 Å². The quantitative estimate of drug-likeness (QED) is 0.883. The van der Waals surface area contributed by atoms with Crippen molar-refractivity contribution in [3.8, 4) is 5.82 Å². The first-order valence-electron chi connectivity index (χ1n) is 5.80. The Morgan fingerprint density at radius 1 is 1.33 bits per heavy atom. The Bertz CT molecular complexity index is 560. The molecule has 0 saturated carbocycles. The second kappa shape index (κ2) is 4.95. The molecule has 6 nitrogen and oxygen atoms in total. The van der Waals surface area contributed by atoms with Gasteiger partial charge in [-0.15, -0.1) is 5.10 Å². The standard InChI is InChI=1S/C12H14N4O2/c1-3-9-14-10(4-2)16(15-9)11-6-5-8(7-13-11)12(17)18/h5-7H,3-4H2,1-2H3,(H,17,18). The first-order chi connectivity index (χ1) is 8.65. The summed E-state index contributed by atoms with van der Waals surface area (Å²) in [6.45, 7) is 3.98. The van der Waals surface area contributed by atoms with Crippen LogP contribution >= 0.6 is 0 Å². The molecule has 0 amide bonds. The zero-order chi connectivity index (χ0) is 13.1. The van der Waals surface area contributed by atoms with Crippen LogP contribution in [0.5, 0.6) is 0 Å². The molecule has 1 N–H and O–H groups in total. The number of aromatic carboxylic acids is 1. The fraction of sp³-hybridized carbons (Fsp3) is 0.333. The Morgan fingerprint density at radius 3 is 2.61 bits per heavy atom. The van der Waals surface area contributed by atoms with Crippen LogP contribution in [0.4, 0.5) is 0 Å². The highest BCUT2D eigenvalue weighted by Crippen LogP contribution is 2.09. The van der Waals surface area contributed by atoms with Crippen LogP contribution in [0.1, 0.15) is 35.9 Å². The minimum Gasteiger partial charge on any atom is -0.478 e. The van der Waals surface area contributed by atoms with Crippen molar-refractivity contribution >= 4 is 5.97 Å². The van der Waals surface area contributed by atoms with Gasteiger partial charge in [-0.1, -0.05) is 13.8 Å². The molecule has 0 fully saturated rings. The topological polar surface area (TPSA) is 80.9 Å². The summed E-state index contributed by atoms with van der Waals surface area (Å²) in [6.07, 6.45) is 2.83. The molecular formula is C12H14N4O2. The first kappa shape index (κ1) is 12.2. The van der Waals surface area contributed by atoms with E-state index >= 15 is 0 Å². The minimum atomic E-state index is -0.988. The van der Waals surface area contributed by atoms with Crippen LogP contribution in [0.25, 0.3) is 5.82 Å². The number of carboxylic acids is 1. The van der Waals surface area contributed by atoms with Crippen molar-refractivity contribution in [3.05, 3.63) is 35.5 Å². The van der Waals surface area contributed by atoms with Crippen LogP contribution in [0, 0.1) is 0 Å². The van der Waals surface area contributed by atoms with Gasteiger partial charge in [0, 0.05) is 19.0 Å². The van der Waals surface area contributed by atoms with Crippen LogP contribution in [0.2, 0.25) is 0 Å². The van der Waals surface area contributed by atoms with Gasteiger partial charge in [-0.25, -0.2) is 14.8 Å². The van der Waals surface area contributed by atoms with Crippen molar-refractivity contribution in [1.29, 1.82) is 0 Å². The van der Waals surface area contributed by atoms with E-state index in [1.165, 1.54) is 12.3 Å². The number of carboxylic acid groups (broad SMARTS) is 1. The fourth-order valence-corrected chi connectivity index (χ4v) is 1.59. The predicted molar refractivity (Wildman–Crippen MR) is 64.9 cm³/mol. The van der Waals surface area contributed by atoms with Gasteiger partial charge in [0.1, 0.15) is 5.82 Å². The number of aromatic nitrogens is 4. The third kappa shape index (κ3) is 2.22. The Balaban J connectivity index is 2.41. The molecule has 0 aliphatic carbocycles. The highest BCUT2D eigenvalue weighted by atomic mass is 16.4. The molecule has 94 valence electrons. The zero-order valence-electron chi connectivity index (χ0n) is 10.3. The molecule has 0 aromatic carbocycles. The van der Waals surface area contributed by atoms with Gasteiger partial charge in [-0.2, -0.15) is 4.68 Å². The molecular weight excluding hydrogens is 232 g/mol. The molecule has 2 aromatic rings. The molecule has 0 bridgehead atoms. The summed E-state index contributed by atoms with van der Waals surface area (Å²) >= 11 is 0. The Labute approximate surface area is 104 Å². The number of carbonyl (C=O) groups is 1. The van der Waals surface area contributed by atoms with E-state index in [0.717, 1.165) is 24.5 Å². The molecule has 0 aliphatic heterocycles. The van der Waals surface area contributed by atoms with Crippen LogP contribution < -0.4 is 0 Å². The van der Waals surface area contributed by atoms with E-state index < -0.39 is 5.97 Å².